The molecule has 0 bridgehead atoms. The monoisotopic (exact) mass is 368 g/mol. The van der Waals surface area contributed by atoms with E-state index in [-0.39, 0.29) is 12.6 Å². The Morgan fingerprint density at radius 3 is 2.39 bits per heavy atom. The molecule has 0 aliphatic carbocycles. The first-order chi connectivity index (χ1) is 8.65. The van der Waals surface area contributed by atoms with Crippen molar-refractivity contribution in [3.63, 3.8) is 0 Å². The van der Waals surface area contributed by atoms with E-state index in [9.17, 15) is 4.79 Å². The number of ether oxygens (including phenoxy) is 1. The van der Waals surface area contributed by atoms with Crippen LogP contribution in [0.25, 0.3) is 0 Å². The number of carbonyl (C=O) groups excluding carboxylic acids is 1. The van der Waals surface area contributed by atoms with Crippen LogP contribution >= 0.6 is 31.9 Å². The van der Waals surface area contributed by atoms with Crippen LogP contribution in [0, 0.1) is 0 Å². The average molecular weight is 370 g/mol. The highest BCUT2D eigenvalue weighted by atomic mass is 79.9. The summed E-state index contributed by atoms with van der Waals surface area (Å²) in [4.78, 5) is 11.8. The Balaban J connectivity index is 1.98. The van der Waals surface area contributed by atoms with Crippen molar-refractivity contribution in [2.24, 2.45) is 0 Å². The Morgan fingerprint density at radius 1 is 1.00 bits per heavy atom. The minimum atomic E-state index is -0.317. The predicted molar refractivity (Wildman–Crippen MR) is 77.4 cm³/mol. The van der Waals surface area contributed by atoms with Gasteiger partial charge in [-0.15, -0.1) is 0 Å². The number of halogens is 2. The van der Waals surface area contributed by atoms with Crippen molar-refractivity contribution in [3.05, 3.63) is 68.6 Å². The van der Waals surface area contributed by atoms with E-state index in [1.54, 1.807) is 12.1 Å². The first-order valence-corrected chi connectivity index (χ1v) is 6.91. The highest BCUT2D eigenvalue weighted by Crippen LogP contribution is 2.14. The second-order valence-corrected chi connectivity index (χ2v) is 5.54. The van der Waals surface area contributed by atoms with Crippen LogP contribution in [-0.2, 0) is 11.3 Å². The predicted octanol–water partition coefficient (Wildman–Crippen LogP) is 4.57. The minimum Gasteiger partial charge on any atom is -0.457 e. The molecule has 2 aromatic carbocycles. The lowest BCUT2D eigenvalue weighted by Gasteiger charge is -2.05. The third-order valence-corrected chi connectivity index (χ3v) is 3.36. The first-order valence-electron chi connectivity index (χ1n) is 5.32. The number of benzene rings is 2. The maximum atomic E-state index is 11.8. The Morgan fingerprint density at radius 2 is 1.72 bits per heavy atom. The molecule has 2 nitrogen and oxygen atoms in total. The van der Waals surface area contributed by atoms with Gasteiger partial charge in [0.25, 0.3) is 0 Å². The minimum absolute atomic E-state index is 0.272. The third-order valence-electron chi connectivity index (χ3n) is 2.34. The number of hydrogen-bond donors (Lipinski definition) is 0. The van der Waals surface area contributed by atoms with E-state index in [1.807, 2.05) is 36.4 Å². The van der Waals surface area contributed by atoms with E-state index in [0.29, 0.717) is 5.56 Å². The van der Waals surface area contributed by atoms with Crippen LogP contribution in [0.5, 0.6) is 0 Å². The van der Waals surface area contributed by atoms with Crippen LogP contribution in [0.3, 0.4) is 0 Å². The molecule has 0 N–H and O–H groups in total. The number of hydrogen-bond acceptors (Lipinski definition) is 2. The van der Waals surface area contributed by atoms with Gasteiger partial charge >= 0.3 is 5.97 Å². The van der Waals surface area contributed by atoms with Gasteiger partial charge in [0, 0.05) is 8.95 Å². The van der Waals surface area contributed by atoms with Gasteiger partial charge < -0.3 is 4.74 Å². The van der Waals surface area contributed by atoms with E-state index in [2.05, 4.69) is 31.9 Å². The number of rotatable bonds is 3. The number of carbonyl (C=O) groups is 1. The van der Waals surface area contributed by atoms with Gasteiger partial charge in [-0.2, -0.15) is 0 Å². The summed E-state index contributed by atoms with van der Waals surface area (Å²) in [6.45, 7) is 0.272. The van der Waals surface area contributed by atoms with Crippen molar-refractivity contribution in [2.45, 2.75) is 6.61 Å². The summed E-state index contributed by atoms with van der Waals surface area (Å²) < 4.78 is 7.14. The summed E-state index contributed by atoms with van der Waals surface area (Å²) in [6.07, 6.45) is 0. The molecular weight excluding hydrogens is 360 g/mol. The maximum Gasteiger partial charge on any atom is 0.338 e. The largest absolute Gasteiger partial charge is 0.457 e. The lowest BCUT2D eigenvalue weighted by molar-refractivity contribution is 0.0472. The summed E-state index contributed by atoms with van der Waals surface area (Å²) in [7, 11) is 0. The van der Waals surface area contributed by atoms with Gasteiger partial charge in [-0.05, 0) is 42.0 Å². The Kier molecular flexibility index (Phi) is 4.55. The zero-order valence-electron chi connectivity index (χ0n) is 9.40. The molecule has 0 aliphatic heterocycles. The molecule has 0 amide bonds. The molecule has 0 unspecified atom stereocenters. The van der Waals surface area contributed by atoms with Gasteiger partial charge in [0.2, 0.25) is 0 Å². The lowest BCUT2D eigenvalue weighted by Crippen LogP contribution is -2.04. The van der Waals surface area contributed by atoms with Crippen LogP contribution in [0.15, 0.2) is 57.5 Å². The normalized spacial score (nSPS) is 10.1. The smallest absolute Gasteiger partial charge is 0.338 e. The zero-order chi connectivity index (χ0) is 13.0. The molecule has 18 heavy (non-hydrogen) atoms. The fourth-order valence-electron chi connectivity index (χ4n) is 1.44. The second-order valence-electron chi connectivity index (χ2n) is 3.71. The SMILES string of the molecule is O=C(OCc1cccc(Br)c1)c1ccc(Br)cc1. The molecule has 0 heterocycles. The molecule has 0 saturated heterocycles. The van der Waals surface area contributed by atoms with Crippen molar-refractivity contribution < 1.29 is 9.53 Å². The quantitative estimate of drug-likeness (QED) is 0.741. The van der Waals surface area contributed by atoms with E-state index >= 15 is 0 Å². The fourth-order valence-corrected chi connectivity index (χ4v) is 2.16. The van der Waals surface area contributed by atoms with E-state index in [1.165, 1.54) is 0 Å². The molecule has 0 atom stereocenters. The molecule has 0 radical (unpaired) electrons. The van der Waals surface area contributed by atoms with Gasteiger partial charge in [-0.25, -0.2) is 4.79 Å². The van der Waals surface area contributed by atoms with Crippen LogP contribution in [0.1, 0.15) is 15.9 Å². The van der Waals surface area contributed by atoms with Crippen LogP contribution in [-0.4, -0.2) is 5.97 Å². The highest BCUT2D eigenvalue weighted by molar-refractivity contribution is 9.10. The van der Waals surface area contributed by atoms with Crippen LogP contribution < -0.4 is 0 Å². The molecule has 2 aromatic rings. The Labute approximate surface area is 122 Å². The molecule has 2 rings (SSSR count). The molecule has 0 aliphatic rings. The second kappa shape index (κ2) is 6.16. The van der Waals surface area contributed by atoms with Crippen molar-refractivity contribution in [2.75, 3.05) is 0 Å². The van der Waals surface area contributed by atoms with E-state index in [0.717, 1.165) is 14.5 Å². The summed E-state index contributed by atoms with van der Waals surface area (Å²) in [5, 5.41) is 0. The fraction of sp³-hybridized carbons (Fsp3) is 0.0714. The van der Waals surface area contributed by atoms with Crippen molar-refractivity contribution >= 4 is 37.8 Å². The standard InChI is InChI=1S/C14H10Br2O2/c15-12-6-4-11(5-7-12)14(17)18-9-10-2-1-3-13(16)8-10/h1-8H,9H2. The Hall–Kier alpha value is -1.13. The molecule has 4 heteroatoms. The zero-order valence-corrected chi connectivity index (χ0v) is 12.6. The maximum absolute atomic E-state index is 11.8. The van der Waals surface area contributed by atoms with E-state index < -0.39 is 0 Å². The molecule has 92 valence electrons. The molecule has 0 spiro atoms. The first kappa shape index (κ1) is 13.3. The summed E-state index contributed by atoms with van der Waals surface area (Å²) >= 11 is 6.70. The van der Waals surface area contributed by atoms with Gasteiger partial charge in [-0.3, -0.25) is 0 Å². The van der Waals surface area contributed by atoms with Gasteiger partial charge in [0.1, 0.15) is 6.61 Å². The Bertz CT molecular complexity index is 550. The van der Waals surface area contributed by atoms with Gasteiger partial charge in [-0.1, -0.05) is 44.0 Å². The molecular formula is C14H10Br2O2. The van der Waals surface area contributed by atoms with Crippen molar-refractivity contribution in [1.82, 2.24) is 0 Å². The highest BCUT2D eigenvalue weighted by Gasteiger charge is 2.06. The van der Waals surface area contributed by atoms with Crippen LogP contribution in [0.2, 0.25) is 0 Å². The summed E-state index contributed by atoms with van der Waals surface area (Å²) in [5.74, 6) is -0.317. The molecule has 0 fully saturated rings. The van der Waals surface area contributed by atoms with Gasteiger partial charge in [0.05, 0.1) is 5.56 Å². The summed E-state index contributed by atoms with van der Waals surface area (Å²) in [5.41, 5.74) is 1.50. The molecule has 0 saturated carbocycles. The average Bonchev–Trinajstić information content (AvgIpc) is 2.37. The van der Waals surface area contributed by atoms with Crippen molar-refractivity contribution in [1.29, 1.82) is 0 Å². The number of esters is 1. The van der Waals surface area contributed by atoms with Crippen molar-refractivity contribution in [3.8, 4) is 0 Å². The van der Waals surface area contributed by atoms with Gasteiger partial charge in [0.15, 0.2) is 0 Å². The molecule has 0 aromatic heterocycles. The summed E-state index contributed by atoms with van der Waals surface area (Å²) in [6, 6.07) is 14.8. The third kappa shape index (κ3) is 3.68. The topological polar surface area (TPSA) is 26.3 Å². The van der Waals surface area contributed by atoms with Crippen LogP contribution in [0.4, 0.5) is 0 Å². The lowest BCUT2D eigenvalue weighted by atomic mass is 10.2. The van der Waals surface area contributed by atoms with E-state index in [4.69, 9.17) is 4.74 Å².